The van der Waals surface area contributed by atoms with E-state index in [1.807, 2.05) is 31.2 Å². The Labute approximate surface area is 126 Å². The standard InChI is InChI=1S/C15H15BrN2O2/c1-10-13(17)6-3-7-14(10)20-9-15(19)18-12-5-2-4-11(16)8-12/h2-8H,9,17H2,1H3,(H,18,19). The molecule has 2 rings (SSSR count). The van der Waals surface area contributed by atoms with Crippen LogP contribution in [0.3, 0.4) is 0 Å². The Bertz CT molecular complexity index is 629. The van der Waals surface area contributed by atoms with E-state index in [1.54, 1.807) is 18.2 Å². The van der Waals surface area contributed by atoms with E-state index in [1.165, 1.54) is 0 Å². The number of rotatable bonds is 4. The Morgan fingerprint density at radius 3 is 2.80 bits per heavy atom. The quantitative estimate of drug-likeness (QED) is 0.842. The molecule has 0 aromatic heterocycles. The highest BCUT2D eigenvalue weighted by Gasteiger charge is 2.07. The average Bonchev–Trinajstić information content (AvgIpc) is 2.40. The van der Waals surface area contributed by atoms with Crippen molar-refractivity contribution < 1.29 is 9.53 Å². The highest BCUT2D eigenvalue weighted by Crippen LogP contribution is 2.22. The van der Waals surface area contributed by atoms with E-state index < -0.39 is 0 Å². The number of hydrogen-bond acceptors (Lipinski definition) is 3. The molecule has 0 fully saturated rings. The van der Waals surface area contributed by atoms with Gasteiger partial charge in [0, 0.05) is 21.4 Å². The minimum absolute atomic E-state index is 0.0587. The maximum atomic E-state index is 11.8. The van der Waals surface area contributed by atoms with Gasteiger partial charge in [0.05, 0.1) is 0 Å². The molecular weight excluding hydrogens is 320 g/mol. The zero-order valence-corrected chi connectivity index (χ0v) is 12.6. The fourth-order valence-electron chi connectivity index (χ4n) is 1.69. The predicted molar refractivity (Wildman–Crippen MR) is 83.9 cm³/mol. The van der Waals surface area contributed by atoms with Gasteiger partial charge in [-0.3, -0.25) is 4.79 Å². The highest BCUT2D eigenvalue weighted by atomic mass is 79.9. The maximum absolute atomic E-state index is 11.8. The van der Waals surface area contributed by atoms with E-state index in [4.69, 9.17) is 10.5 Å². The molecule has 0 heterocycles. The summed E-state index contributed by atoms with van der Waals surface area (Å²) < 4.78 is 6.38. The summed E-state index contributed by atoms with van der Waals surface area (Å²) in [5.74, 6) is 0.402. The Balaban J connectivity index is 1.94. The Morgan fingerprint density at radius 1 is 1.30 bits per heavy atom. The fourth-order valence-corrected chi connectivity index (χ4v) is 2.09. The van der Waals surface area contributed by atoms with Crippen LogP contribution in [0.5, 0.6) is 5.75 Å². The van der Waals surface area contributed by atoms with E-state index in [0.29, 0.717) is 11.4 Å². The van der Waals surface area contributed by atoms with Crippen molar-refractivity contribution in [2.45, 2.75) is 6.92 Å². The molecule has 0 unspecified atom stereocenters. The first-order valence-corrected chi connectivity index (χ1v) is 6.89. The monoisotopic (exact) mass is 334 g/mol. The molecule has 0 aliphatic rings. The molecule has 3 N–H and O–H groups in total. The SMILES string of the molecule is Cc1c(N)cccc1OCC(=O)Nc1cccc(Br)c1. The summed E-state index contributed by atoms with van der Waals surface area (Å²) in [6, 6.07) is 12.8. The van der Waals surface area contributed by atoms with E-state index in [9.17, 15) is 4.79 Å². The molecule has 1 amide bonds. The van der Waals surface area contributed by atoms with Gasteiger partial charge < -0.3 is 15.8 Å². The zero-order chi connectivity index (χ0) is 14.5. The number of nitrogens with one attached hydrogen (secondary N) is 1. The van der Waals surface area contributed by atoms with Crippen LogP contribution < -0.4 is 15.8 Å². The second-order valence-electron chi connectivity index (χ2n) is 4.32. The number of carbonyl (C=O) groups excluding carboxylic acids is 1. The Hall–Kier alpha value is -2.01. The second-order valence-corrected chi connectivity index (χ2v) is 5.23. The highest BCUT2D eigenvalue weighted by molar-refractivity contribution is 9.10. The van der Waals surface area contributed by atoms with Gasteiger partial charge in [-0.2, -0.15) is 0 Å². The molecule has 0 spiro atoms. The lowest BCUT2D eigenvalue weighted by molar-refractivity contribution is -0.118. The summed E-state index contributed by atoms with van der Waals surface area (Å²) in [6.45, 7) is 1.80. The van der Waals surface area contributed by atoms with Crippen LogP contribution in [0.2, 0.25) is 0 Å². The number of benzene rings is 2. The van der Waals surface area contributed by atoms with Crippen LogP contribution in [-0.2, 0) is 4.79 Å². The lowest BCUT2D eigenvalue weighted by Gasteiger charge is -2.11. The predicted octanol–water partition coefficient (Wildman–Crippen LogP) is 3.36. The molecule has 0 aliphatic heterocycles. The normalized spacial score (nSPS) is 10.1. The number of nitrogens with two attached hydrogens (primary N) is 1. The average molecular weight is 335 g/mol. The van der Waals surface area contributed by atoms with Crippen LogP contribution in [0.1, 0.15) is 5.56 Å². The zero-order valence-electron chi connectivity index (χ0n) is 11.0. The van der Waals surface area contributed by atoms with Gasteiger partial charge in [-0.05, 0) is 37.3 Å². The molecular formula is C15H15BrN2O2. The van der Waals surface area contributed by atoms with Crippen LogP contribution in [0.25, 0.3) is 0 Å². The van der Waals surface area contributed by atoms with Crippen LogP contribution >= 0.6 is 15.9 Å². The van der Waals surface area contributed by atoms with Crippen molar-refractivity contribution in [3.63, 3.8) is 0 Å². The van der Waals surface area contributed by atoms with Crippen molar-refractivity contribution >= 4 is 33.2 Å². The van der Waals surface area contributed by atoms with Crippen molar-refractivity contribution in [2.75, 3.05) is 17.7 Å². The van der Waals surface area contributed by atoms with Crippen molar-refractivity contribution in [1.82, 2.24) is 0 Å². The topological polar surface area (TPSA) is 64.3 Å². The van der Waals surface area contributed by atoms with Gasteiger partial charge in [-0.25, -0.2) is 0 Å². The van der Waals surface area contributed by atoms with Gasteiger partial charge in [0.1, 0.15) is 5.75 Å². The minimum atomic E-state index is -0.218. The molecule has 20 heavy (non-hydrogen) atoms. The third kappa shape index (κ3) is 3.74. The van der Waals surface area contributed by atoms with Gasteiger partial charge >= 0.3 is 0 Å². The van der Waals surface area contributed by atoms with Crippen molar-refractivity contribution in [2.24, 2.45) is 0 Å². The van der Waals surface area contributed by atoms with E-state index in [-0.39, 0.29) is 12.5 Å². The van der Waals surface area contributed by atoms with Gasteiger partial charge in [0.2, 0.25) is 0 Å². The summed E-state index contributed by atoms with van der Waals surface area (Å²) in [7, 11) is 0. The fraction of sp³-hybridized carbons (Fsp3) is 0.133. The first kappa shape index (κ1) is 14.4. The summed E-state index contributed by atoms with van der Waals surface area (Å²) in [5.41, 5.74) is 7.99. The first-order valence-electron chi connectivity index (χ1n) is 6.09. The van der Waals surface area contributed by atoms with E-state index >= 15 is 0 Å². The molecule has 5 heteroatoms. The van der Waals surface area contributed by atoms with Crippen molar-refractivity contribution in [3.8, 4) is 5.75 Å². The largest absolute Gasteiger partial charge is 0.483 e. The van der Waals surface area contributed by atoms with Crippen LogP contribution in [0.4, 0.5) is 11.4 Å². The summed E-state index contributed by atoms with van der Waals surface area (Å²) in [4.78, 5) is 11.8. The number of anilines is 2. The smallest absolute Gasteiger partial charge is 0.262 e. The van der Waals surface area contributed by atoms with Gasteiger partial charge in [0.25, 0.3) is 5.91 Å². The number of amides is 1. The second kappa shape index (κ2) is 6.43. The van der Waals surface area contributed by atoms with E-state index in [2.05, 4.69) is 21.2 Å². The number of nitrogen functional groups attached to an aromatic ring is 1. The van der Waals surface area contributed by atoms with Crippen LogP contribution in [0.15, 0.2) is 46.9 Å². The maximum Gasteiger partial charge on any atom is 0.262 e. The minimum Gasteiger partial charge on any atom is -0.483 e. The molecule has 104 valence electrons. The third-order valence-electron chi connectivity index (χ3n) is 2.79. The molecule has 4 nitrogen and oxygen atoms in total. The van der Waals surface area contributed by atoms with E-state index in [0.717, 1.165) is 15.7 Å². The molecule has 0 bridgehead atoms. The first-order chi connectivity index (χ1) is 9.56. The number of halogens is 1. The van der Waals surface area contributed by atoms with Crippen LogP contribution in [0, 0.1) is 6.92 Å². The number of carbonyl (C=O) groups is 1. The van der Waals surface area contributed by atoms with Crippen molar-refractivity contribution in [3.05, 3.63) is 52.5 Å². The summed E-state index contributed by atoms with van der Waals surface area (Å²) in [6.07, 6.45) is 0. The lowest BCUT2D eigenvalue weighted by atomic mass is 10.2. The van der Waals surface area contributed by atoms with Crippen molar-refractivity contribution in [1.29, 1.82) is 0 Å². The lowest BCUT2D eigenvalue weighted by Crippen LogP contribution is -2.20. The van der Waals surface area contributed by atoms with Gasteiger partial charge in [-0.15, -0.1) is 0 Å². The molecule has 0 radical (unpaired) electrons. The number of hydrogen-bond donors (Lipinski definition) is 2. The van der Waals surface area contributed by atoms with Gasteiger partial charge in [0.15, 0.2) is 6.61 Å². The van der Waals surface area contributed by atoms with Gasteiger partial charge in [-0.1, -0.05) is 28.1 Å². The molecule has 0 saturated heterocycles. The summed E-state index contributed by atoms with van der Waals surface area (Å²) in [5, 5.41) is 2.76. The number of ether oxygens (including phenoxy) is 1. The molecule has 0 aliphatic carbocycles. The molecule has 2 aromatic carbocycles. The summed E-state index contributed by atoms with van der Waals surface area (Å²) >= 11 is 3.35. The Kier molecular flexibility index (Phi) is 4.63. The van der Waals surface area contributed by atoms with Crippen LogP contribution in [-0.4, -0.2) is 12.5 Å². The molecule has 2 aromatic rings. The molecule has 0 atom stereocenters. The molecule has 0 saturated carbocycles. The third-order valence-corrected chi connectivity index (χ3v) is 3.29. The Morgan fingerprint density at radius 2 is 2.05 bits per heavy atom.